The lowest BCUT2D eigenvalue weighted by molar-refractivity contribution is -0.141. The number of alkyl halides is 3. The molecule has 0 aliphatic rings. The number of ether oxygens (including phenoxy) is 1. The summed E-state index contributed by atoms with van der Waals surface area (Å²) in [6.45, 7) is 2.60. The Bertz CT molecular complexity index is 745. The molecule has 0 unspecified atom stereocenters. The molecule has 10 heteroatoms. The van der Waals surface area contributed by atoms with Crippen LogP contribution in [0.5, 0.6) is 0 Å². The molecular formula is C16H16Cl2F3N3O2. The van der Waals surface area contributed by atoms with Gasteiger partial charge >= 0.3 is 6.18 Å². The number of aromatic nitrogens is 2. The lowest BCUT2D eigenvalue weighted by Crippen LogP contribution is -2.34. The van der Waals surface area contributed by atoms with E-state index >= 15 is 0 Å². The normalized spacial score (nSPS) is 11.6. The van der Waals surface area contributed by atoms with E-state index < -0.39 is 17.8 Å². The van der Waals surface area contributed by atoms with Gasteiger partial charge in [0.1, 0.15) is 5.69 Å². The maximum absolute atomic E-state index is 12.7. The molecule has 1 N–H and O–H groups in total. The number of carbonyl (C=O) groups excluding carboxylic acids is 1. The molecule has 0 spiro atoms. The van der Waals surface area contributed by atoms with Crippen LogP contribution in [0.2, 0.25) is 10.0 Å². The Labute approximate surface area is 158 Å². The zero-order valence-corrected chi connectivity index (χ0v) is 15.3. The van der Waals surface area contributed by atoms with E-state index in [9.17, 15) is 18.0 Å². The van der Waals surface area contributed by atoms with Crippen LogP contribution in [0, 0.1) is 0 Å². The number of hydrogen-bond donors (Lipinski definition) is 1. The number of aromatic amines is 1. The molecule has 26 heavy (non-hydrogen) atoms. The van der Waals surface area contributed by atoms with Crippen molar-refractivity contribution in [2.45, 2.75) is 19.6 Å². The van der Waals surface area contributed by atoms with E-state index in [1.807, 2.05) is 5.10 Å². The van der Waals surface area contributed by atoms with Crippen molar-refractivity contribution in [3.05, 3.63) is 51.3 Å². The van der Waals surface area contributed by atoms with E-state index in [1.54, 1.807) is 25.1 Å². The van der Waals surface area contributed by atoms with Crippen molar-refractivity contribution >= 4 is 29.1 Å². The Morgan fingerprint density at radius 3 is 2.50 bits per heavy atom. The first kappa shape index (κ1) is 20.5. The minimum atomic E-state index is -4.62. The number of rotatable bonds is 7. The fourth-order valence-corrected chi connectivity index (χ4v) is 2.70. The lowest BCUT2D eigenvalue weighted by Gasteiger charge is -2.23. The van der Waals surface area contributed by atoms with Crippen LogP contribution in [0.4, 0.5) is 13.2 Å². The zero-order valence-electron chi connectivity index (χ0n) is 13.7. The SMILES string of the molecule is CCOCCN(Cc1c(Cl)cccc1Cl)C(=O)c1cc(C(F)(F)F)[nH]n1. The van der Waals surface area contributed by atoms with Crippen LogP contribution in [0.15, 0.2) is 24.3 Å². The molecule has 1 amide bonds. The second kappa shape index (κ2) is 8.75. The van der Waals surface area contributed by atoms with E-state index in [-0.39, 0.29) is 25.4 Å². The van der Waals surface area contributed by atoms with Crippen LogP contribution >= 0.6 is 23.2 Å². The zero-order chi connectivity index (χ0) is 19.3. The number of halogens is 5. The highest BCUT2D eigenvalue weighted by Gasteiger charge is 2.34. The van der Waals surface area contributed by atoms with Crippen LogP contribution in [0.25, 0.3) is 0 Å². The fraction of sp³-hybridized carbons (Fsp3) is 0.375. The van der Waals surface area contributed by atoms with Gasteiger partial charge in [-0.1, -0.05) is 29.3 Å². The third-order valence-corrected chi connectivity index (χ3v) is 4.22. The van der Waals surface area contributed by atoms with Crippen molar-refractivity contribution in [3.8, 4) is 0 Å². The van der Waals surface area contributed by atoms with Gasteiger partial charge in [0.05, 0.1) is 6.61 Å². The number of amides is 1. The highest BCUT2D eigenvalue weighted by atomic mass is 35.5. The van der Waals surface area contributed by atoms with Gasteiger partial charge in [-0.05, 0) is 19.1 Å². The predicted octanol–water partition coefficient (Wildman–Crippen LogP) is 4.41. The quantitative estimate of drug-likeness (QED) is 0.688. The second-order valence-electron chi connectivity index (χ2n) is 5.29. The van der Waals surface area contributed by atoms with Crippen LogP contribution in [0.3, 0.4) is 0 Å². The maximum Gasteiger partial charge on any atom is 0.432 e. The molecule has 0 bridgehead atoms. The summed E-state index contributed by atoms with van der Waals surface area (Å²) in [5.74, 6) is -0.688. The monoisotopic (exact) mass is 409 g/mol. The van der Waals surface area contributed by atoms with Crippen molar-refractivity contribution in [2.24, 2.45) is 0 Å². The Hall–Kier alpha value is -1.77. The van der Waals surface area contributed by atoms with Crippen LogP contribution in [-0.2, 0) is 17.5 Å². The average Bonchev–Trinajstić information content (AvgIpc) is 3.06. The summed E-state index contributed by atoms with van der Waals surface area (Å²) >= 11 is 12.3. The van der Waals surface area contributed by atoms with Crippen molar-refractivity contribution in [2.75, 3.05) is 19.8 Å². The van der Waals surface area contributed by atoms with Gasteiger partial charge in [0.25, 0.3) is 5.91 Å². The lowest BCUT2D eigenvalue weighted by atomic mass is 10.2. The molecule has 0 aliphatic carbocycles. The minimum Gasteiger partial charge on any atom is -0.380 e. The van der Waals surface area contributed by atoms with Gasteiger partial charge in [-0.2, -0.15) is 18.3 Å². The molecule has 0 aliphatic heterocycles. The third kappa shape index (κ3) is 5.12. The molecule has 0 saturated carbocycles. The Morgan fingerprint density at radius 2 is 1.96 bits per heavy atom. The summed E-state index contributed by atoms with van der Waals surface area (Å²) < 4.78 is 43.4. The molecule has 1 aromatic heterocycles. The van der Waals surface area contributed by atoms with Gasteiger partial charge in [-0.15, -0.1) is 0 Å². The predicted molar refractivity (Wildman–Crippen MR) is 91.3 cm³/mol. The van der Waals surface area contributed by atoms with Gasteiger partial charge in [-0.3, -0.25) is 9.89 Å². The van der Waals surface area contributed by atoms with Crippen molar-refractivity contribution in [3.63, 3.8) is 0 Å². The number of nitrogens with zero attached hydrogens (tertiary/aromatic N) is 2. The summed E-state index contributed by atoms with van der Waals surface area (Å²) in [6.07, 6.45) is -4.62. The van der Waals surface area contributed by atoms with E-state index in [0.29, 0.717) is 28.3 Å². The van der Waals surface area contributed by atoms with Crippen molar-refractivity contribution in [1.29, 1.82) is 0 Å². The summed E-state index contributed by atoms with van der Waals surface area (Å²) in [4.78, 5) is 13.9. The van der Waals surface area contributed by atoms with Crippen LogP contribution in [-0.4, -0.2) is 40.8 Å². The fourth-order valence-electron chi connectivity index (χ4n) is 2.18. The third-order valence-electron chi connectivity index (χ3n) is 3.51. The van der Waals surface area contributed by atoms with Gasteiger partial charge in [0.2, 0.25) is 0 Å². The summed E-state index contributed by atoms with van der Waals surface area (Å²) in [5.41, 5.74) is -0.953. The van der Waals surface area contributed by atoms with Crippen LogP contribution < -0.4 is 0 Å². The molecule has 2 rings (SSSR count). The molecule has 0 fully saturated rings. The maximum atomic E-state index is 12.7. The minimum absolute atomic E-state index is 0.0125. The number of hydrogen-bond acceptors (Lipinski definition) is 3. The first-order valence-corrected chi connectivity index (χ1v) is 8.42. The first-order chi connectivity index (χ1) is 12.2. The van der Waals surface area contributed by atoms with Crippen LogP contribution in [0.1, 0.15) is 28.7 Å². The molecule has 5 nitrogen and oxygen atoms in total. The van der Waals surface area contributed by atoms with E-state index in [4.69, 9.17) is 27.9 Å². The summed E-state index contributed by atoms with van der Waals surface area (Å²) in [6, 6.07) is 5.56. The number of benzene rings is 1. The van der Waals surface area contributed by atoms with Gasteiger partial charge in [0, 0.05) is 41.4 Å². The topological polar surface area (TPSA) is 58.2 Å². The molecule has 0 atom stereocenters. The number of carbonyl (C=O) groups is 1. The van der Waals surface area contributed by atoms with Crippen molar-refractivity contribution < 1.29 is 22.7 Å². The van der Waals surface area contributed by atoms with Gasteiger partial charge < -0.3 is 9.64 Å². The van der Waals surface area contributed by atoms with Gasteiger partial charge in [0.15, 0.2) is 5.69 Å². The molecule has 1 aromatic carbocycles. The second-order valence-corrected chi connectivity index (χ2v) is 6.10. The summed E-state index contributed by atoms with van der Waals surface area (Å²) in [7, 11) is 0. The highest BCUT2D eigenvalue weighted by Crippen LogP contribution is 2.29. The van der Waals surface area contributed by atoms with E-state index in [0.717, 1.165) is 0 Å². The largest absolute Gasteiger partial charge is 0.432 e. The number of nitrogens with one attached hydrogen (secondary N) is 1. The van der Waals surface area contributed by atoms with E-state index in [2.05, 4.69) is 5.10 Å². The van der Waals surface area contributed by atoms with E-state index in [1.165, 1.54) is 4.90 Å². The Morgan fingerprint density at radius 1 is 1.31 bits per heavy atom. The Balaban J connectivity index is 2.26. The molecule has 1 heterocycles. The Kier molecular flexibility index (Phi) is 6.91. The number of H-pyrrole nitrogens is 1. The molecule has 2 aromatic rings. The van der Waals surface area contributed by atoms with Gasteiger partial charge in [-0.25, -0.2) is 0 Å². The summed E-state index contributed by atoms with van der Waals surface area (Å²) in [5, 5.41) is 6.01. The molecule has 0 radical (unpaired) electrons. The smallest absolute Gasteiger partial charge is 0.380 e. The average molecular weight is 410 g/mol. The first-order valence-electron chi connectivity index (χ1n) is 7.66. The van der Waals surface area contributed by atoms with Crippen molar-refractivity contribution in [1.82, 2.24) is 15.1 Å². The molecular weight excluding hydrogens is 394 g/mol. The molecule has 142 valence electrons. The highest BCUT2D eigenvalue weighted by molar-refractivity contribution is 6.36. The molecule has 0 saturated heterocycles. The standard InChI is InChI=1S/C16H16Cl2F3N3O2/c1-2-26-7-6-24(9-10-11(17)4-3-5-12(10)18)15(25)13-8-14(23-22-13)16(19,20)21/h3-5,8H,2,6-7,9H2,1H3,(H,22,23).